The summed E-state index contributed by atoms with van der Waals surface area (Å²) in [6.07, 6.45) is 2.03. The summed E-state index contributed by atoms with van der Waals surface area (Å²) in [5.41, 5.74) is 3.35. The third-order valence-corrected chi connectivity index (χ3v) is 7.68. The summed E-state index contributed by atoms with van der Waals surface area (Å²) in [4.78, 5) is 16.3. The van der Waals surface area contributed by atoms with Crippen LogP contribution in [-0.4, -0.2) is 36.7 Å². The van der Waals surface area contributed by atoms with Gasteiger partial charge in [-0.05, 0) is 36.1 Å². The Balaban J connectivity index is 1.61. The number of para-hydroxylation sites is 1. The third-order valence-electron chi connectivity index (χ3n) is 5.81. The number of rotatable bonds is 5. The van der Waals surface area contributed by atoms with E-state index in [1.165, 1.54) is 4.22 Å². The highest BCUT2D eigenvalue weighted by molar-refractivity contribution is 7.90. The number of sulfonamides is 1. The summed E-state index contributed by atoms with van der Waals surface area (Å²) in [6.45, 7) is 1.89. The molecule has 0 saturated carbocycles. The molecule has 8 heteroatoms. The fourth-order valence-corrected chi connectivity index (χ4v) is 5.78. The summed E-state index contributed by atoms with van der Waals surface area (Å²) in [5.74, 6) is -0.556. The zero-order valence-electron chi connectivity index (χ0n) is 17.4. The van der Waals surface area contributed by atoms with E-state index in [-0.39, 0.29) is 11.3 Å². The number of aromatic amines is 1. The lowest BCUT2D eigenvalue weighted by molar-refractivity contribution is -0.134. The summed E-state index contributed by atoms with van der Waals surface area (Å²) in [5, 5.41) is 0.955. The van der Waals surface area contributed by atoms with E-state index in [1.54, 1.807) is 48.5 Å². The fourth-order valence-electron chi connectivity index (χ4n) is 4.15. The Morgan fingerprint density at radius 1 is 0.969 bits per heavy atom. The van der Waals surface area contributed by atoms with Gasteiger partial charge in [0.1, 0.15) is 6.04 Å². The molecule has 0 amide bonds. The molecule has 0 unspecified atom stereocenters. The molecule has 0 bridgehead atoms. The highest BCUT2D eigenvalue weighted by atomic mass is 32.2. The van der Waals surface area contributed by atoms with Crippen molar-refractivity contribution >= 4 is 39.4 Å². The van der Waals surface area contributed by atoms with E-state index in [0.29, 0.717) is 5.46 Å². The number of fused-ring (bicyclic) bond motifs is 1. The van der Waals surface area contributed by atoms with Crippen LogP contribution in [0.2, 0.25) is 0 Å². The van der Waals surface area contributed by atoms with Crippen molar-refractivity contribution < 1.29 is 17.9 Å². The van der Waals surface area contributed by atoms with Gasteiger partial charge in [0.15, 0.2) is 0 Å². The molecule has 0 aliphatic carbocycles. The van der Waals surface area contributed by atoms with Gasteiger partial charge in [-0.2, -0.15) is 4.22 Å². The molecule has 0 radical (unpaired) electrons. The first-order chi connectivity index (χ1) is 15.4. The van der Waals surface area contributed by atoms with Crippen LogP contribution in [0, 0.1) is 6.92 Å². The zero-order valence-corrected chi connectivity index (χ0v) is 18.2. The smallest absolute Gasteiger partial charge is 0.502 e. The van der Waals surface area contributed by atoms with E-state index in [4.69, 9.17) is 4.65 Å². The first kappa shape index (κ1) is 20.5. The van der Waals surface area contributed by atoms with E-state index < -0.39 is 29.1 Å². The van der Waals surface area contributed by atoms with Crippen LogP contribution in [0.5, 0.6) is 0 Å². The molecule has 4 aromatic rings. The summed E-state index contributed by atoms with van der Waals surface area (Å²) < 4.78 is 34.4. The van der Waals surface area contributed by atoms with E-state index in [0.717, 1.165) is 22.0 Å². The maximum atomic E-state index is 13.8. The molecule has 5 rings (SSSR count). The number of aromatic nitrogens is 1. The van der Waals surface area contributed by atoms with E-state index in [1.807, 2.05) is 43.5 Å². The lowest BCUT2D eigenvalue weighted by atomic mass is 9.74. The minimum absolute atomic E-state index is 0.131. The number of hydrogen-bond acceptors (Lipinski definition) is 4. The molecule has 1 aliphatic heterocycles. The van der Waals surface area contributed by atoms with Crippen molar-refractivity contribution in [2.75, 3.05) is 0 Å². The molecular formula is C24H21BN2O4S. The zero-order chi connectivity index (χ0) is 22.3. The minimum atomic E-state index is -4.01. The molecule has 6 nitrogen and oxygen atoms in total. The summed E-state index contributed by atoms with van der Waals surface area (Å²) in [6, 6.07) is 22.4. The molecule has 1 N–H and O–H groups in total. The van der Waals surface area contributed by atoms with Crippen LogP contribution in [0.4, 0.5) is 0 Å². The van der Waals surface area contributed by atoms with Crippen LogP contribution < -0.4 is 5.46 Å². The van der Waals surface area contributed by atoms with Crippen LogP contribution >= 0.6 is 0 Å². The standard InChI is InChI=1S/C24H21BN2O4S/c1-17-11-13-20(14-12-17)32(29,30)27-23(15-18-16-26-22-10-6-5-9-21(18)22)24(28)31-25(27)19-7-3-2-4-8-19/h2-14,16,23,26H,15H2,1H3/t23-/m1/s1. The minimum Gasteiger partial charge on any atom is -0.514 e. The topological polar surface area (TPSA) is 79.5 Å². The van der Waals surface area contributed by atoms with Crippen molar-refractivity contribution in [1.29, 1.82) is 0 Å². The first-order valence-electron chi connectivity index (χ1n) is 10.4. The molecule has 1 atom stereocenters. The molecule has 160 valence electrons. The number of hydrogen-bond donors (Lipinski definition) is 1. The summed E-state index contributed by atoms with van der Waals surface area (Å²) >= 11 is 0. The molecule has 32 heavy (non-hydrogen) atoms. The third kappa shape index (κ3) is 3.51. The number of nitrogens with zero attached hydrogens (tertiary/aromatic N) is 1. The monoisotopic (exact) mass is 444 g/mol. The molecule has 1 saturated heterocycles. The largest absolute Gasteiger partial charge is 0.514 e. The normalized spacial score (nSPS) is 17.1. The molecule has 1 aromatic heterocycles. The Morgan fingerprint density at radius 2 is 1.66 bits per heavy atom. The molecule has 1 aliphatic rings. The second-order valence-corrected chi connectivity index (χ2v) is 9.77. The average Bonchev–Trinajstić information content (AvgIpc) is 3.36. The molecule has 1 fully saturated rings. The van der Waals surface area contributed by atoms with Crippen LogP contribution in [0.15, 0.2) is 90.0 Å². The Bertz CT molecular complexity index is 1380. The quantitative estimate of drug-likeness (QED) is 0.480. The Kier molecular flexibility index (Phi) is 5.11. The van der Waals surface area contributed by atoms with Gasteiger partial charge in [-0.15, -0.1) is 0 Å². The van der Waals surface area contributed by atoms with Crippen molar-refractivity contribution in [2.24, 2.45) is 0 Å². The van der Waals surface area contributed by atoms with Crippen molar-refractivity contribution in [3.8, 4) is 0 Å². The lowest BCUT2D eigenvalue weighted by Crippen LogP contribution is -2.51. The number of H-pyrrole nitrogens is 1. The van der Waals surface area contributed by atoms with Gasteiger partial charge in [-0.3, -0.25) is 4.79 Å². The van der Waals surface area contributed by atoms with Crippen molar-refractivity contribution in [3.63, 3.8) is 0 Å². The SMILES string of the molecule is Cc1ccc(S(=O)(=O)N2B(c3ccccc3)OC(=O)[C@H]2Cc2c[nH]c3ccccc23)cc1. The lowest BCUT2D eigenvalue weighted by Gasteiger charge is -2.23. The molecule has 2 heterocycles. The molecule has 3 aromatic carbocycles. The van der Waals surface area contributed by atoms with Gasteiger partial charge < -0.3 is 9.64 Å². The van der Waals surface area contributed by atoms with Crippen molar-refractivity contribution in [3.05, 3.63) is 96.2 Å². The first-order valence-corrected chi connectivity index (χ1v) is 11.8. The molecule has 0 spiro atoms. The predicted molar refractivity (Wildman–Crippen MR) is 124 cm³/mol. The van der Waals surface area contributed by atoms with E-state index in [9.17, 15) is 13.2 Å². The number of nitrogens with one attached hydrogen (secondary N) is 1. The van der Waals surface area contributed by atoms with Gasteiger partial charge in [-0.1, -0.05) is 66.2 Å². The van der Waals surface area contributed by atoms with E-state index >= 15 is 0 Å². The van der Waals surface area contributed by atoms with E-state index in [2.05, 4.69) is 4.98 Å². The Labute approximate surface area is 187 Å². The Hall–Kier alpha value is -3.36. The van der Waals surface area contributed by atoms with Gasteiger partial charge >= 0.3 is 13.0 Å². The second kappa shape index (κ2) is 7.96. The predicted octanol–water partition coefficient (Wildman–Crippen LogP) is 3.03. The van der Waals surface area contributed by atoms with Gasteiger partial charge in [0.25, 0.3) is 0 Å². The van der Waals surface area contributed by atoms with Gasteiger partial charge in [0, 0.05) is 23.5 Å². The van der Waals surface area contributed by atoms with Crippen molar-refractivity contribution in [1.82, 2.24) is 9.20 Å². The highest BCUT2D eigenvalue weighted by Gasteiger charge is 2.53. The van der Waals surface area contributed by atoms with Crippen LogP contribution in [0.25, 0.3) is 10.9 Å². The fraction of sp³-hybridized carbons (Fsp3) is 0.125. The number of carbonyl (C=O) groups is 1. The van der Waals surface area contributed by atoms with Gasteiger partial charge in [0.05, 0.1) is 4.90 Å². The highest BCUT2D eigenvalue weighted by Crippen LogP contribution is 2.30. The van der Waals surface area contributed by atoms with Crippen molar-refractivity contribution in [2.45, 2.75) is 24.3 Å². The summed E-state index contributed by atoms with van der Waals surface area (Å²) in [7, 11) is -5.04. The number of aryl methyl sites for hydroxylation is 1. The number of benzene rings is 3. The number of carbonyl (C=O) groups excluding carboxylic acids is 1. The Morgan fingerprint density at radius 3 is 2.41 bits per heavy atom. The van der Waals surface area contributed by atoms with Crippen LogP contribution in [-0.2, 0) is 25.9 Å². The average molecular weight is 444 g/mol. The van der Waals surface area contributed by atoms with Crippen LogP contribution in [0.3, 0.4) is 0 Å². The van der Waals surface area contributed by atoms with Crippen LogP contribution in [0.1, 0.15) is 11.1 Å². The van der Waals surface area contributed by atoms with Gasteiger partial charge in [-0.25, -0.2) is 8.42 Å². The van der Waals surface area contributed by atoms with Gasteiger partial charge in [0.2, 0.25) is 10.0 Å². The molecular weight excluding hydrogens is 423 g/mol. The maximum Gasteiger partial charge on any atom is 0.502 e. The maximum absolute atomic E-state index is 13.8. The second-order valence-electron chi connectivity index (χ2n) is 7.93.